The number of halogens is 1. The van der Waals surface area contributed by atoms with Gasteiger partial charge in [0.2, 0.25) is 5.91 Å². The van der Waals surface area contributed by atoms with E-state index in [0.29, 0.717) is 43.1 Å². The van der Waals surface area contributed by atoms with Crippen molar-refractivity contribution >= 4 is 5.91 Å². The minimum Gasteiger partial charge on any atom is -0.461 e. The van der Waals surface area contributed by atoms with E-state index in [1.165, 1.54) is 6.07 Å². The third-order valence-corrected chi connectivity index (χ3v) is 5.17. The lowest BCUT2D eigenvalue weighted by molar-refractivity contribution is -0.122. The highest BCUT2D eigenvalue weighted by atomic mass is 19.1. The summed E-state index contributed by atoms with van der Waals surface area (Å²) in [6.07, 6.45) is 2.81. The second-order valence-corrected chi connectivity index (χ2v) is 7.21. The average Bonchev–Trinajstić information content (AvgIpc) is 3.15. The molecule has 1 aliphatic heterocycles. The second-order valence-electron chi connectivity index (χ2n) is 7.21. The fourth-order valence-corrected chi connectivity index (χ4v) is 3.56. The van der Waals surface area contributed by atoms with Gasteiger partial charge < -0.3 is 19.8 Å². The first-order chi connectivity index (χ1) is 13.1. The van der Waals surface area contributed by atoms with E-state index in [0.717, 1.165) is 25.9 Å². The number of hydrogen-bond donors (Lipinski definition) is 2. The van der Waals surface area contributed by atoms with E-state index < -0.39 is 0 Å². The van der Waals surface area contributed by atoms with Crippen LogP contribution in [0.4, 0.5) is 4.39 Å². The summed E-state index contributed by atoms with van der Waals surface area (Å²) in [5, 5.41) is 6.39. The molecule has 1 aromatic carbocycles. The summed E-state index contributed by atoms with van der Waals surface area (Å²) >= 11 is 0. The molecule has 2 heterocycles. The largest absolute Gasteiger partial charge is 0.461 e. The first-order valence-electron chi connectivity index (χ1n) is 9.42. The predicted octanol–water partition coefficient (Wildman–Crippen LogP) is 3.15. The van der Waals surface area contributed by atoms with E-state index in [9.17, 15) is 9.18 Å². The highest BCUT2D eigenvalue weighted by Gasteiger charge is 2.32. The summed E-state index contributed by atoms with van der Waals surface area (Å²) in [4.78, 5) is 12.3. The standard InChI is InChI=1S/C21H27FN2O3/c1-26-15-21(10-12-23-13-11-21)14-24-20(25)9-7-16-6-8-19(27-16)17-4-2-3-5-18(17)22/h2-6,8,23H,7,9-15H2,1H3,(H,24,25). The number of ether oxygens (including phenoxy) is 1. The zero-order chi connectivity index (χ0) is 19.1. The van der Waals surface area contributed by atoms with Crippen LogP contribution in [0.5, 0.6) is 0 Å². The topological polar surface area (TPSA) is 63.5 Å². The van der Waals surface area contributed by atoms with Gasteiger partial charge >= 0.3 is 0 Å². The molecule has 146 valence electrons. The Morgan fingerprint density at radius 1 is 1.26 bits per heavy atom. The number of benzene rings is 1. The highest BCUT2D eigenvalue weighted by molar-refractivity contribution is 5.76. The number of rotatable bonds is 8. The van der Waals surface area contributed by atoms with Gasteiger partial charge in [-0.25, -0.2) is 4.39 Å². The second kappa shape index (κ2) is 9.15. The van der Waals surface area contributed by atoms with E-state index in [1.807, 2.05) is 0 Å². The lowest BCUT2D eigenvalue weighted by Gasteiger charge is -2.37. The van der Waals surface area contributed by atoms with E-state index in [-0.39, 0.29) is 17.1 Å². The normalized spacial score (nSPS) is 16.2. The van der Waals surface area contributed by atoms with Crippen molar-refractivity contribution in [3.8, 4) is 11.3 Å². The van der Waals surface area contributed by atoms with Crippen LogP contribution >= 0.6 is 0 Å². The van der Waals surface area contributed by atoms with Crippen LogP contribution in [0.2, 0.25) is 0 Å². The molecular weight excluding hydrogens is 347 g/mol. The van der Waals surface area contributed by atoms with Crippen molar-refractivity contribution in [3.63, 3.8) is 0 Å². The molecule has 1 fully saturated rings. The van der Waals surface area contributed by atoms with Crippen molar-refractivity contribution in [2.24, 2.45) is 5.41 Å². The van der Waals surface area contributed by atoms with E-state index in [1.54, 1.807) is 37.4 Å². The summed E-state index contributed by atoms with van der Waals surface area (Å²) in [6.45, 7) is 3.17. The van der Waals surface area contributed by atoms with Crippen molar-refractivity contribution in [2.45, 2.75) is 25.7 Å². The molecule has 1 aliphatic rings. The summed E-state index contributed by atoms with van der Waals surface area (Å²) in [6, 6.07) is 10.0. The van der Waals surface area contributed by atoms with Crippen molar-refractivity contribution in [3.05, 3.63) is 48.0 Å². The lowest BCUT2D eigenvalue weighted by Crippen LogP contribution is -2.47. The van der Waals surface area contributed by atoms with Crippen molar-refractivity contribution in [2.75, 3.05) is 33.4 Å². The molecule has 1 saturated heterocycles. The van der Waals surface area contributed by atoms with Crippen molar-refractivity contribution in [1.82, 2.24) is 10.6 Å². The van der Waals surface area contributed by atoms with Gasteiger partial charge in [-0.15, -0.1) is 0 Å². The van der Waals surface area contributed by atoms with E-state index >= 15 is 0 Å². The third kappa shape index (κ3) is 5.17. The number of aryl methyl sites for hydroxylation is 1. The summed E-state index contributed by atoms with van der Waals surface area (Å²) in [5.41, 5.74) is 0.443. The summed E-state index contributed by atoms with van der Waals surface area (Å²) < 4.78 is 24.9. The van der Waals surface area contributed by atoms with Crippen LogP contribution in [0.15, 0.2) is 40.8 Å². The number of nitrogens with one attached hydrogen (secondary N) is 2. The Morgan fingerprint density at radius 3 is 2.78 bits per heavy atom. The molecule has 2 aromatic rings. The van der Waals surface area contributed by atoms with Gasteiger partial charge in [0.05, 0.1) is 12.2 Å². The zero-order valence-electron chi connectivity index (χ0n) is 15.7. The molecule has 0 atom stereocenters. The van der Waals surface area contributed by atoms with Crippen molar-refractivity contribution < 1.29 is 18.3 Å². The van der Waals surface area contributed by atoms with Crippen LogP contribution < -0.4 is 10.6 Å². The Morgan fingerprint density at radius 2 is 2.04 bits per heavy atom. The zero-order valence-corrected chi connectivity index (χ0v) is 15.7. The molecule has 0 unspecified atom stereocenters. The Hall–Kier alpha value is -2.18. The van der Waals surface area contributed by atoms with Crippen LogP contribution in [0, 0.1) is 11.2 Å². The van der Waals surface area contributed by atoms with Gasteiger partial charge in [0.25, 0.3) is 0 Å². The monoisotopic (exact) mass is 374 g/mol. The SMILES string of the molecule is COCC1(CNC(=O)CCc2ccc(-c3ccccc3F)o2)CCNCC1. The minimum absolute atomic E-state index is 0.00662. The van der Waals surface area contributed by atoms with Crippen LogP contribution in [0.1, 0.15) is 25.0 Å². The van der Waals surface area contributed by atoms with Gasteiger partial charge in [-0.1, -0.05) is 12.1 Å². The molecule has 0 aliphatic carbocycles. The maximum atomic E-state index is 13.8. The van der Waals surface area contributed by atoms with Gasteiger partial charge in [0, 0.05) is 31.9 Å². The molecule has 1 amide bonds. The van der Waals surface area contributed by atoms with Gasteiger partial charge in [-0.2, -0.15) is 0 Å². The van der Waals surface area contributed by atoms with Crippen molar-refractivity contribution in [1.29, 1.82) is 0 Å². The number of piperidine rings is 1. The molecule has 3 rings (SSSR count). The quantitative estimate of drug-likeness (QED) is 0.745. The fraction of sp³-hybridized carbons (Fsp3) is 0.476. The van der Waals surface area contributed by atoms with Crippen LogP contribution in [0.25, 0.3) is 11.3 Å². The first-order valence-corrected chi connectivity index (χ1v) is 9.42. The number of carbonyl (C=O) groups is 1. The van der Waals surface area contributed by atoms with Gasteiger partial charge in [-0.05, 0) is 50.2 Å². The summed E-state index contributed by atoms with van der Waals surface area (Å²) in [7, 11) is 1.70. The molecular formula is C21H27FN2O3. The van der Waals surface area contributed by atoms with Crippen LogP contribution in [0.3, 0.4) is 0 Å². The average molecular weight is 374 g/mol. The number of carbonyl (C=O) groups excluding carboxylic acids is 1. The number of amides is 1. The Kier molecular flexibility index (Phi) is 6.63. The molecule has 0 bridgehead atoms. The highest BCUT2D eigenvalue weighted by Crippen LogP contribution is 2.28. The van der Waals surface area contributed by atoms with Gasteiger partial charge in [0.15, 0.2) is 0 Å². The smallest absolute Gasteiger partial charge is 0.220 e. The number of hydrogen-bond acceptors (Lipinski definition) is 4. The number of methoxy groups -OCH3 is 1. The predicted molar refractivity (Wildman–Crippen MR) is 102 cm³/mol. The molecule has 0 radical (unpaired) electrons. The molecule has 2 N–H and O–H groups in total. The fourth-order valence-electron chi connectivity index (χ4n) is 3.56. The maximum Gasteiger partial charge on any atom is 0.220 e. The van der Waals surface area contributed by atoms with E-state index in [4.69, 9.17) is 9.15 Å². The van der Waals surface area contributed by atoms with Gasteiger partial charge in [0.1, 0.15) is 17.3 Å². The molecule has 6 heteroatoms. The molecule has 5 nitrogen and oxygen atoms in total. The molecule has 0 saturated carbocycles. The maximum absolute atomic E-state index is 13.8. The first kappa shape index (κ1) is 19.6. The van der Waals surface area contributed by atoms with Crippen LogP contribution in [-0.2, 0) is 16.0 Å². The Balaban J connectivity index is 1.50. The Bertz CT molecular complexity index is 748. The minimum atomic E-state index is -0.318. The Labute approximate surface area is 159 Å². The molecule has 0 spiro atoms. The lowest BCUT2D eigenvalue weighted by atomic mass is 9.79. The third-order valence-electron chi connectivity index (χ3n) is 5.17. The summed E-state index contributed by atoms with van der Waals surface area (Å²) in [5.74, 6) is 0.837. The molecule has 1 aromatic heterocycles. The van der Waals surface area contributed by atoms with E-state index in [2.05, 4.69) is 10.6 Å². The van der Waals surface area contributed by atoms with Gasteiger partial charge in [-0.3, -0.25) is 4.79 Å². The number of furan rings is 1. The molecule has 27 heavy (non-hydrogen) atoms. The van der Waals surface area contributed by atoms with Crippen LogP contribution in [-0.4, -0.2) is 39.3 Å².